The Morgan fingerprint density at radius 1 is 1.40 bits per heavy atom. The van der Waals surface area contributed by atoms with Crippen molar-refractivity contribution in [2.45, 2.75) is 44.1 Å². The Morgan fingerprint density at radius 3 is 2.80 bits per heavy atom. The molecule has 3 rings (SSSR count). The molecule has 3 heterocycles. The molecule has 2 saturated heterocycles. The molecular weight excluding hydrogens is 338 g/mol. The molecule has 1 atom stereocenters. The Kier molecular flexibility index (Phi) is 5.48. The van der Waals surface area contributed by atoms with Crippen molar-refractivity contribution in [3.05, 3.63) is 30.1 Å². The highest BCUT2D eigenvalue weighted by molar-refractivity contribution is 7.89. The number of pyridine rings is 1. The number of likely N-dealkylation sites (tertiary alicyclic amines) is 1. The van der Waals surface area contributed by atoms with Gasteiger partial charge in [0.05, 0.1) is 11.9 Å². The molecule has 0 amide bonds. The molecule has 0 saturated carbocycles. The number of likely N-dealkylation sites (N-methyl/N-ethyl adjacent to an activating group) is 1. The van der Waals surface area contributed by atoms with Crippen molar-refractivity contribution in [2.24, 2.45) is 5.92 Å². The summed E-state index contributed by atoms with van der Waals surface area (Å²) in [5, 5.41) is -0.350. The van der Waals surface area contributed by atoms with Crippen LogP contribution in [0.5, 0.6) is 0 Å². The van der Waals surface area contributed by atoms with Gasteiger partial charge in [0.15, 0.2) is 0 Å². The maximum Gasteiger partial charge on any atom is 0.216 e. The molecule has 2 aliphatic heterocycles. The first-order chi connectivity index (χ1) is 11.8. The lowest BCUT2D eigenvalue weighted by atomic mass is 9.77. The first-order valence-electron chi connectivity index (χ1n) is 9.00. The quantitative estimate of drug-likeness (QED) is 0.766. The standard InChI is InChI=1S/C18H29N3O3S/c1-15(2)25(22,23)21-13-18(14-21)9-16(6-8-20(18)3)11-24-12-17-5-4-7-19-10-17/h4-5,7,10,15-16H,6,8-9,11-14H2,1-3H3. The number of rotatable bonds is 6. The maximum absolute atomic E-state index is 12.3. The lowest BCUT2D eigenvalue weighted by Gasteiger charge is -2.58. The number of piperidine rings is 1. The molecule has 1 spiro atoms. The third-order valence-corrected chi connectivity index (χ3v) is 7.76. The van der Waals surface area contributed by atoms with Crippen molar-refractivity contribution < 1.29 is 13.2 Å². The van der Waals surface area contributed by atoms with Gasteiger partial charge < -0.3 is 4.74 Å². The Morgan fingerprint density at radius 2 is 2.16 bits per heavy atom. The van der Waals surface area contributed by atoms with Crippen LogP contribution in [-0.4, -0.2) is 66.7 Å². The van der Waals surface area contributed by atoms with Crippen molar-refractivity contribution in [1.82, 2.24) is 14.2 Å². The van der Waals surface area contributed by atoms with E-state index in [1.165, 1.54) is 0 Å². The SMILES string of the molecule is CC(C)S(=O)(=O)N1CC2(CC(COCc3cccnc3)CCN2C)C1. The van der Waals surface area contributed by atoms with E-state index >= 15 is 0 Å². The summed E-state index contributed by atoms with van der Waals surface area (Å²) in [4.78, 5) is 6.45. The largest absolute Gasteiger partial charge is 0.376 e. The maximum atomic E-state index is 12.3. The fourth-order valence-corrected chi connectivity index (χ4v) is 5.27. The van der Waals surface area contributed by atoms with E-state index in [4.69, 9.17) is 4.74 Å². The Bertz CT molecular complexity index is 672. The van der Waals surface area contributed by atoms with Crippen LogP contribution < -0.4 is 0 Å². The summed E-state index contributed by atoms with van der Waals surface area (Å²) >= 11 is 0. The summed E-state index contributed by atoms with van der Waals surface area (Å²) in [6.07, 6.45) is 5.69. The average molecular weight is 368 g/mol. The molecule has 0 bridgehead atoms. The minimum absolute atomic E-state index is 0.0114. The van der Waals surface area contributed by atoms with E-state index in [0.29, 0.717) is 25.6 Å². The second-order valence-corrected chi connectivity index (χ2v) is 10.2. The molecule has 0 aliphatic carbocycles. The van der Waals surface area contributed by atoms with Gasteiger partial charge in [0.25, 0.3) is 0 Å². The van der Waals surface area contributed by atoms with Crippen LogP contribution in [0.2, 0.25) is 0 Å². The van der Waals surface area contributed by atoms with Crippen molar-refractivity contribution >= 4 is 10.0 Å². The lowest BCUT2D eigenvalue weighted by Crippen LogP contribution is -2.73. The summed E-state index contributed by atoms with van der Waals surface area (Å²) in [6, 6.07) is 3.94. The van der Waals surface area contributed by atoms with Crippen LogP contribution in [-0.2, 0) is 21.4 Å². The highest BCUT2D eigenvalue weighted by Gasteiger charge is 2.53. The second kappa shape index (κ2) is 7.31. The van der Waals surface area contributed by atoms with Gasteiger partial charge in [-0.15, -0.1) is 0 Å². The van der Waals surface area contributed by atoms with Gasteiger partial charge in [-0.25, -0.2) is 8.42 Å². The summed E-state index contributed by atoms with van der Waals surface area (Å²) < 4.78 is 32.2. The second-order valence-electron chi connectivity index (χ2n) is 7.74. The van der Waals surface area contributed by atoms with Gasteiger partial charge in [-0.3, -0.25) is 9.88 Å². The van der Waals surface area contributed by atoms with Crippen molar-refractivity contribution in [1.29, 1.82) is 0 Å². The minimum Gasteiger partial charge on any atom is -0.376 e. The highest BCUT2D eigenvalue weighted by Crippen LogP contribution is 2.40. The van der Waals surface area contributed by atoms with E-state index in [9.17, 15) is 8.42 Å². The average Bonchev–Trinajstić information content (AvgIpc) is 2.55. The summed E-state index contributed by atoms with van der Waals surface area (Å²) in [7, 11) is -1.02. The van der Waals surface area contributed by atoms with Gasteiger partial charge in [-0.2, -0.15) is 4.31 Å². The van der Waals surface area contributed by atoms with E-state index < -0.39 is 10.0 Å². The van der Waals surface area contributed by atoms with E-state index in [0.717, 1.165) is 31.6 Å². The number of hydrogen-bond donors (Lipinski definition) is 0. The topological polar surface area (TPSA) is 62.7 Å². The van der Waals surface area contributed by atoms with E-state index in [1.807, 2.05) is 18.3 Å². The zero-order valence-corrected chi connectivity index (χ0v) is 16.2. The number of aromatic nitrogens is 1. The first kappa shape index (κ1) is 18.8. The van der Waals surface area contributed by atoms with Crippen molar-refractivity contribution in [2.75, 3.05) is 33.3 Å². The van der Waals surface area contributed by atoms with Crippen molar-refractivity contribution in [3.63, 3.8) is 0 Å². The van der Waals surface area contributed by atoms with Gasteiger partial charge in [-0.1, -0.05) is 6.07 Å². The fourth-order valence-electron chi connectivity index (χ4n) is 3.84. The van der Waals surface area contributed by atoms with Crippen LogP contribution >= 0.6 is 0 Å². The van der Waals surface area contributed by atoms with Gasteiger partial charge in [0, 0.05) is 37.6 Å². The zero-order valence-electron chi connectivity index (χ0n) is 15.4. The Labute approximate surface area is 151 Å². The molecule has 2 aliphatic rings. The van der Waals surface area contributed by atoms with E-state index in [1.54, 1.807) is 24.3 Å². The Hall–Kier alpha value is -1.02. The number of nitrogens with zero attached hydrogens (tertiary/aromatic N) is 3. The van der Waals surface area contributed by atoms with E-state index in [2.05, 4.69) is 16.9 Å². The molecular formula is C18H29N3O3S. The molecule has 25 heavy (non-hydrogen) atoms. The molecule has 0 radical (unpaired) electrons. The highest BCUT2D eigenvalue weighted by atomic mass is 32.2. The van der Waals surface area contributed by atoms with Gasteiger partial charge in [-0.05, 0) is 57.8 Å². The first-order valence-corrected chi connectivity index (χ1v) is 10.5. The number of hydrogen-bond acceptors (Lipinski definition) is 5. The zero-order chi connectivity index (χ0) is 18.1. The Balaban J connectivity index is 1.53. The van der Waals surface area contributed by atoms with E-state index in [-0.39, 0.29) is 10.8 Å². The third-order valence-electron chi connectivity index (χ3n) is 5.59. The molecule has 1 unspecified atom stereocenters. The molecule has 2 fully saturated rings. The van der Waals surface area contributed by atoms with Crippen LogP contribution in [0.25, 0.3) is 0 Å². The number of ether oxygens (including phenoxy) is 1. The van der Waals surface area contributed by atoms with Crippen LogP contribution in [0.1, 0.15) is 32.3 Å². The molecule has 1 aromatic rings. The fraction of sp³-hybridized carbons (Fsp3) is 0.722. The molecule has 6 nitrogen and oxygen atoms in total. The van der Waals surface area contributed by atoms with Gasteiger partial charge in [0.1, 0.15) is 0 Å². The normalized spacial score (nSPS) is 24.6. The molecule has 7 heteroatoms. The molecule has 140 valence electrons. The smallest absolute Gasteiger partial charge is 0.216 e. The van der Waals surface area contributed by atoms with Gasteiger partial charge in [0.2, 0.25) is 10.0 Å². The van der Waals surface area contributed by atoms with Crippen molar-refractivity contribution in [3.8, 4) is 0 Å². The van der Waals surface area contributed by atoms with Gasteiger partial charge >= 0.3 is 0 Å². The summed E-state index contributed by atoms with van der Waals surface area (Å²) in [5.41, 5.74) is 1.07. The predicted molar refractivity (Wildman–Crippen MR) is 97.6 cm³/mol. The summed E-state index contributed by atoms with van der Waals surface area (Å²) in [6.45, 7) is 7.03. The summed E-state index contributed by atoms with van der Waals surface area (Å²) in [5.74, 6) is 0.483. The minimum atomic E-state index is -3.14. The van der Waals surface area contributed by atoms with Crippen LogP contribution in [0.15, 0.2) is 24.5 Å². The lowest BCUT2D eigenvalue weighted by molar-refractivity contribution is -0.0602. The predicted octanol–water partition coefficient (Wildman–Crippen LogP) is 1.73. The number of sulfonamides is 1. The third kappa shape index (κ3) is 3.89. The van der Waals surface area contributed by atoms with Crippen LogP contribution in [0.4, 0.5) is 0 Å². The van der Waals surface area contributed by atoms with Crippen LogP contribution in [0.3, 0.4) is 0 Å². The molecule has 0 aromatic carbocycles. The molecule has 1 aromatic heterocycles. The van der Waals surface area contributed by atoms with Crippen LogP contribution in [0, 0.1) is 5.92 Å². The monoisotopic (exact) mass is 367 g/mol. The molecule has 0 N–H and O–H groups in total.